The van der Waals surface area contributed by atoms with Crippen LogP contribution in [0.3, 0.4) is 0 Å². The van der Waals surface area contributed by atoms with Gasteiger partial charge in [-0.05, 0) is 12.1 Å². The quantitative estimate of drug-likeness (QED) is 0.865. The Kier molecular flexibility index (Phi) is 4.00. The first-order valence-corrected chi connectivity index (χ1v) is 8.72. The van der Waals surface area contributed by atoms with Gasteiger partial charge in [0.05, 0.1) is 30.6 Å². The normalized spacial score (nSPS) is 15.7. The Balaban J connectivity index is 2.28. The van der Waals surface area contributed by atoms with E-state index in [2.05, 4.69) is 0 Å². The van der Waals surface area contributed by atoms with E-state index in [1.165, 1.54) is 20.3 Å². The summed E-state index contributed by atoms with van der Waals surface area (Å²) in [5.41, 5.74) is 1.41. The highest BCUT2D eigenvalue weighted by Crippen LogP contribution is 2.41. The highest BCUT2D eigenvalue weighted by atomic mass is 32.2. The first-order valence-electron chi connectivity index (χ1n) is 7.06. The second-order valence-corrected chi connectivity index (χ2v) is 7.05. The molecule has 0 atom stereocenters. The molecular weight excluding hydrogens is 314 g/mol. The van der Waals surface area contributed by atoms with Crippen molar-refractivity contribution in [1.29, 1.82) is 0 Å². The first-order chi connectivity index (χ1) is 11.1. The number of anilines is 2. The summed E-state index contributed by atoms with van der Waals surface area (Å²) >= 11 is 0. The van der Waals surface area contributed by atoms with Gasteiger partial charge < -0.3 is 14.4 Å². The van der Waals surface area contributed by atoms with Gasteiger partial charge in [0, 0.05) is 24.0 Å². The minimum absolute atomic E-state index is 0.0567. The SMILES string of the molecule is COc1cc2c(cc1OC)S(=O)(=O)CC=CN2c1ccccc1. The van der Waals surface area contributed by atoms with Crippen molar-refractivity contribution >= 4 is 21.2 Å². The number of fused-ring (bicyclic) bond motifs is 1. The zero-order chi connectivity index (χ0) is 16.4. The summed E-state index contributed by atoms with van der Waals surface area (Å²) in [4.78, 5) is 2.06. The van der Waals surface area contributed by atoms with Crippen molar-refractivity contribution in [2.75, 3.05) is 24.9 Å². The van der Waals surface area contributed by atoms with Crippen LogP contribution in [0.15, 0.2) is 59.6 Å². The van der Waals surface area contributed by atoms with Crippen molar-refractivity contribution in [2.45, 2.75) is 4.90 Å². The van der Waals surface area contributed by atoms with E-state index in [9.17, 15) is 8.42 Å². The van der Waals surface area contributed by atoms with Gasteiger partial charge in [0.15, 0.2) is 21.3 Å². The molecule has 0 saturated carbocycles. The lowest BCUT2D eigenvalue weighted by atomic mass is 10.2. The number of ether oxygens (including phenoxy) is 2. The van der Waals surface area contributed by atoms with Crippen LogP contribution in [0.1, 0.15) is 0 Å². The maximum atomic E-state index is 12.6. The number of rotatable bonds is 3. The molecule has 1 aliphatic rings. The van der Waals surface area contributed by atoms with Gasteiger partial charge in [0.25, 0.3) is 0 Å². The van der Waals surface area contributed by atoms with Crippen LogP contribution in [0.4, 0.5) is 11.4 Å². The molecule has 1 aliphatic heterocycles. The lowest BCUT2D eigenvalue weighted by Gasteiger charge is -2.23. The maximum Gasteiger partial charge on any atom is 0.184 e. The predicted molar refractivity (Wildman–Crippen MR) is 89.3 cm³/mol. The van der Waals surface area contributed by atoms with Gasteiger partial charge in [0.1, 0.15) is 0 Å². The molecule has 0 amide bonds. The molecule has 0 aromatic heterocycles. The van der Waals surface area contributed by atoms with E-state index in [4.69, 9.17) is 9.47 Å². The number of hydrogen-bond acceptors (Lipinski definition) is 5. The number of sulfone groups is 1. The standard InChI is InChI=1S/C17H17NO4S/c1-21-15-11-14-17(12-16(15)22-2)23(19,20)10-6-9-18(14)13-7-4-3-5-8-13/h3-9,11-12H,10H2,1-2H3. The van der Waals surface area contributed by atoms with Crippen molar-refractivity contribution in [3.05, 3.63) is 54.7 Å². The average molecular weight is 331 g/mol. The third-order valence-corrected chi connectivity index (χ3v) is 5.29. The molecule has 0 saturated heterocycles. The summed E-state index contributed by atoms with van der Waals surface area (Å²) in [7, 11) is -0.428. The van der Waals surface area contributed by atoms with E-state index in [1.54, 1.807) is 18.3 Å². The molecule has 6 heteroatoms. The number of hydrogen-bond donors (Lipinski definition) is 0. The van der Waals surface area contributed by atoms with Crippen LogP contribution < -0.4 is 14.4 Å². The average Bonchev–Trinajstić information content (AvgIpc) is 2.70. The minimum Gasteiger partial charge on any atom is -0.493 e. The van der Waals surface area contributed by atoms with E-state index < -0.39 is 9.84 Å². The van der Waals surface area contributed by atoms with Crippen molar-refractivity contribution < 1.29 is 17.9 Å². The van der Waals surface area contributed by atoms with Crippen LogP contribution in [0.25, 0.3) is 0 Å². The Bertz CT molecular complexity index is 844. The van der Waals surface area contributed by atoms with Gasteiger partial charge in [-0.15, -0.1) is 0 Å². The zero-order valence-electron chi connectivity index (χ0n) is 12.9. The fraction of sp³-hybridized carbons (Fsp3) is 0.176. The molecule has 5 nitrogen and oxygen atoms in total. The topological polar surface area (TPSA) is 55.8 Å². The summed E-state index contributed by atoms with van der Waals surface area (Å²) in [6.07, 6.45) is 3.41. The van der Waals surface area contributed by atoms with Crippen LogP contribution in [0.2, 0.25) is 0 Å². The van der Waals surface area contributed by atoms with Crippen molar-refractivity contribution in [2.24, 2.45) is 0 Å². The second-order valence-electron chi connectivity index (χ2n) is 5.05. The van der Waals surface area contributed by atoms with Gasteiger partial charge in [-0.3, -0.25) is 0 Å². The third kappa shape index (κ3) is 2.77. The molecular formula is C17H17NO4S. The number of benzene rings is 2. The van der Waals surface area contributed by atoms with Gasteiger partial charge in [0.2, 0.25) is 0 Å². The molecule has 0 N–H and O–H groups in total. The first kappa shape index (κ1) is 15.4. The Morgan fingerprint density at radius 3 is 2.30 bits per heavy atom. The van der Waals surface area contributed by atoms with Crippen molar-refractivity contribution in [3.63, 3.8) is 0 Å². The van der Waals surface area contributed by atoms with Crippen LogP contribution in [-0.4, -0.2) is 28.4 Å². The van der Waals surface area contributed by atoms with E-state index in [-0.39, 0.29) is 10.6 Å². The zero-order valence-corrected chi connectivity index (χ0v) is 13.7. The summed E-state index contributed by atoms with van der Waals surface area (Å²) in [5.74, 6) is 0.821. The van der Waals surface area contributed by atoms with Crippen LogP contribution in [0.5, 0.6) is 11.5 Å². The Morgan fingerprint density at radius 1 is 1.00 bits per heavy atom. The van der Waals surface area contributed by atoms with Crippen molar-refractivity contribution in [1.82, 2.24) is 0 Å². The largest absolute Gasteiger partial charge is 0.493 e. The molecule has 0 fully saturated rings. The molecule has 1 heterocycles. The third-order valence-electron chi connectivity index (χ3n) is 3.66. The van der Waals surface area contributed by atoms with Gasteiger partial charge in [-0.1, -0.05) is 24.3 Å². The molecule has 0 aliphatic carbocycles. The van der Waals surface area contributed by atoms with Crippen LogP contribution in [-0.2, 0) is 9.84 Å². The number of nitrogens with zero attached hydrogens (tertiary/aromatic N) is 1. The Labute approximate surface area is 135 Å². The minimum atomic E-state index is -3.44. The van der Waals surface area contributed by atoms with Gasteiger partial charge >= 0.3 is 0 Å². The fourth-order valence-electron chi connectivity index (χ4n) is 2.55. The summed E-state index contributed by atoms with van der Waals surface area (Å²) < 4.78 is 35.7. The van der Waals surface area contributed by atoms with Crippen LogP contribution >= 0.6 is 0 Å². The highest BCUT2D eigenvalue weighted by Gasteiger charge is 2.26. The molecule has 2 aromatic rings. The molecule has 0 radical (unpaired) electrons. The summed E-state index contributed by atoms with van der Waals surface area (Å²) in [6, 6.07) is 12.8. The van der Waals surface area contributed by atoms with Crippen LogP contribution in [0, 0.1) is 0 Å². The summed E-state index contributed by atoms with van der Waals surface area (Å²) in [6.45, 7) is 0. The molecule has 2 aromatic carbocycles. The number of para-hydroxylation sites is 1. The van der Waals surface area contributed by atoms with Crippen molar-refractivity contribution in [3.8, 4) is 11.5 Å². The number of methoxy groups -OCH3 is 2. The van der Waals surface area contributed by atoms with E-state index in [0.717, 1.165) is 5.69 Å². The summed E-state index contributed by atoms with van der Waals surface area (Å²) in [5, 5.41) is 0. The van der Waals surface area contributed by atoms with E-state index in [1.807, 2.05) is 35.2 Å². The molecule has 23 heavy (non-hydrogen) atoms. The predicted octanol–water partition coefficient (Wildman–Crippen LogP) is 3.14. The molecule has 120 valence electrons. The van der Waals surface area contributed by atoms with Gasteiger partial charge in [-0.2, -0.15) is 0 Å². The van der Waals surface area contributed by atoms with E-state index in [0.29, 0.717) is 17.2 Å². The Morgan fingerprint density at radius 2 is 1.65 bits per heavy atom. The lowest BCUT2D eigenvalue weighted by molar-refractivity contribution is 0.354. The lowest BCUT2D eigenvalue weighted by Crippen LogP contribution is -2.12. The van der Waals surface area contributed by atoms with E-state index >= 15 is 0 Å². The Hall–Kier alpha value is -2.47. The highest BCUT2D eigenvalue weighted by molar-refractivity contribution is 7.91. The molecule has 0 spiro atoms. The molecule has 3 rings (SSSR count). The fourth-order valence-corrected chi connectivity index (χ4v) is 3.83. The monoisotopic (exact) mass is 331 g/mol. The molecule has 0 bridgehead atoms. The maximum absolute atomic E-state index is 12.6. The smallest absolute Gasteiger partial charge is 0.184 e. The second kappa shape index (κ2) is 5.96. The molecule has 0 unspecified atom stereocenters. The van der Waals surface area contributed by atoms with Gasteiger partial charge in [-0.25, -0.2) is 8.42 Å².